The van der Waals surface area contributed by atoms with Crippen molar-refractivity contribution in [3.8, 4) is 0 Å². The topological polar surface area (TPSA) is 69.6 Å². The van der Waals surface area contributed by atoms with Gasteiger partial charge in [0.05, 0.1) is 17.6 Å². The molecule has 0 radical (unpaired) electrons. The molecule has 0 N–H and O–H groups in total. The van der Waals surface area contributed by atoms with Crippen LogP contribution < -0.4 is 0 Å². The summed E-state index contributed by atoms with van der Waals surface area (Å²) in [5.74, 6) is 2.19. The highest BCUT2D eigenvalue weighted by Crippen LogP contribution is 2.42. The highest BCUT2D eigenvalue weighted by molar-refractivity contribution is 7.98. The molecule has 0 amide bonds. The van der Waals surface area contributed by atoms with E-state index < -0.39 is 0 Å². The summed E-state index contributed by atoms with van der Waals surface area (Å²) in [5, 5.41) is 22.8. The van der Waals surface area contributed by atoms with Gasteiger partial charge in [-0.1, -0.05) is 71.0 Å². The number of ether oxygens (including phenoxy) is 1. The molecular formula is C27H22Cl2N6OS3. The monoisotopic (exact) mass is 612 g/mol. The molecule has 6 aromatic rings. The molecule has 0 saturated carbocycles. The second-order valence-corrected chi connectivity index (χ2v) is 13.8. The highest BCUT2D eigenvalue weighted by Gasteiger charge is 2.32. The lowest BCUT2D eigenvalue weighted by atomic mass is 9.94. The zero-order valence-corrected chi connectivity index (χ0v) is 25.0. The third-order valence-corrected chi connectivity index (χ3v) is 10.4. The van der Waals surface area contributed by atoms with Crippen LogP contribution in [0.15, 0.2) is 58.8 Å². The van der Waals surface area contributed by atoms with E-state index in [9.17, 15) is 0 Å². The summed E-state index contributed by atoms with van der Waals surface area (Å²) in [4.78, 5) is 2.30. The van der Waals surface area contributed by atoms with Crippen molar-refractivity contribution in [2.45, 2.75) is 54.3 Å². The number of nitrogens with zero attached hydrogens (tertiary/aromatic N) is 6. The minimum atomic E-state index is -0.252. The average molecular weight is 614 g/mol. The first-order valence-corrected chi connectivity index (χ1v) is 15.9. The Labute approximate surface area is 246 Å². The van der Waals surface area contributed by atoms with Gasteiger partial charge in [0.2, 0.25) is 5.78 Å². The third kappa shape index (κ3) is 4.71. The summed E-state index contributed by atoms with van der Waals surface area (Å²) >= 11 is 17.2. The van der Waals surface area contributed by atoms with Crippen molar-refractivity contribution in [1.82, 2.24) is 29.2 Å². The van der Waals surface area contributed by atoms with E-state index in [1.165, 1.54) is 16.0 Å². The van der Waals surface area contributed by atoms with Gasteiger partial charge in [0, 0.05) is 32.8 Å². The lowest BCUT2D eigenvalue weighted by molar-refractivity contribution is -0.0379. The number of fused-ring (bicyclic) bond motifs is 8. The fraction of sp³-hybridized carbons (Fsp3) is 0.259. The highest BCUT2D eigenvalue weighted by atomic mass is 35.5. The molecule has 0 fully saturated rings. The molecule has 1 aliphatic rings. The van der Waals surface area contributed by atoms with Gasteiger partial charge in [0.1, 0.15) is 4.83 Å². The van der Waals surface area contributed by atoms with Crippen LogP contribution in [0.2, 0.25) is 10.0 Å². The van der Waals surface area contributed by atoms with Crippen LogP contribution in [0.1, 0.15) is 35.4 Å². The molecular weight excluding hydrogens is 591 g/mol. The minimum absolute atomic E-state index is 0.252. The standard InChI is InChI=1S/C27H22Cl2N6OS3/c1-27(2)11-19-20(12-36-27)39-23-21(19)22-30-32-25(37-13-15-3-7-17(28)8-4-15)34(22)24-31-33-26(35(23)24)38-14-16-5-9-18(29)10-6-16/h3-10H,11-14H2,1-2H3. The maximum absolute atomic E-state index is 6.17. The molecule has 0 bridgehead atoms. The fourth-order valence-corrected chi connectivity index (χ4v) is 8.08. The third-order valence-electron chi connectivity index (χ3n) is 6.71. The van der Waals surface area contributed by atoms with Crippen LogP contribution in [-0.2, 0) is 29.3 Å². The first-order valence-electron chi connectivity index (χ1n) is 12.3. The lowest BCUT2D eigenvalue weighted by Gasteiger charge is -2.30. The van der Waals surface area contributed by atoms with E-state index in [1.807, 2.05) is 48.5 Å². The van der Waals surface area contributed by atoms with Crippen LogP contribution in [0.5, 0.6) is 0 Å². The normalized spacial score (nSPS) is 15.0. The zero-order valence-electron chi connectivity index (χ0n) is 21.0. The van der Waals surface area contributed by atoms with Crippen LogP contribution in [-0.4, -0.2) is 34.8 Å². The molecule has 5 heterocycles. The molecule has 0 atom stereocenters. The van der Waals surface area contributed by atoms with Crippen molar-refractivity contribution in [3.05, 3.63) is 80.1 Å². The van der Waals surface area contributed by atoms with Gasteiger partial charge in [0.15, 0.2) is 16.0 Å². The molecule has 2 aromatic carbocycles. The molecule has 4 aromatic heterocycles. The number of thioether (sulfide) groups is 2. The van der Waals surface area contributed by atoms with E-state index in [1.54, 1.807) is 34.9 Å². The van der Waals surface area contributed by atoms with Gasteiger partial charge in [-0.25, -0.2) is 8.80 Å². The quantitative estimate of drug-likeness (QED) is 0.178. The summed E-state index contributed by atoms with van der Waals surface area (Å²) in [7, 11) is 0. The molecule has 0 spiro atoms. The molecule has 7 nitrogen and oxygen atoms in total. The first-order chi connectivity index (χ1) is 18.9. The Balaban J connectivity index is 1.38. The molecule has 1 aliphatic heterocycles. The number of halogens is 2. The van der Waals surface area contributed by atoms with E-state index in [4.69, 9.17) is 33.0 Å². The van der Waals surface area contributed by atoms with Crippen molar-refractivity contribution in [2.75, 3.05) is 0 Å². The van der Waals surface area contributed by atoms with Gasteiger partial charge in [-0.15, -0.1) is 31.7 Å². The smallest absolute Gasteiger partial charge is 0.245 e. The maximum atomic E-state index is 6.17. The van der Waals surface area contributed by atoms with Crippen LogP contribution in [0.3, 0.4) is 0 Å². The Morgan fingerprint density at radius 3 is 2.08 bits per heavy atom. The van der Waals surface area contributed by atoms with Gasteiger partial charge in [-0.2, -0.15) is 0 Å². The van der Waals surface area contributed by atoms with Crippen LogP contribution in [0.25, 0.3) is 21.6 Å². The number of hydrogen-bond acceptors (Lipinski definition) is 8. The Morgan fingerprint density at radius 1 is 0.846 bits per heavy atom. The zero-order chi connectivity index (χ0) is 26.7. The second kappa shape index (κ2) is 9.94. The van der Waals surface area contributed by atoms with Crippen molar-refractivity contribution in [2.24, 2.45) is 0 Å². The molecule has 0 aliphatic carbocycles. The van der Waals surface area contributed by atoms with Crippen molar-refractivity contribution < 1.29 is 4.74 Å². The predicted octanol–water partition coefficient (Wildman–Crippen LogP) is 7.73. The van der Waals surface area contributed by atoms with Crippen molar-refractivity contribution in [1.29, 1.82) is 0 Å². The second-order valence-electron chi connectivity index (χ2n) is 10.00. The Morgan fingerprint density at radius 2 is 1.44 bits per heavy atom. The molecule has 0 unspecified atom stereocenters. The lowest BCUT2D eigenvalue weighted by Crippen LogP contribution is -2.31. The average Bonchev–Trinajstić information content (AvgIpc) is 3.62. The van der Waals surface area contributed by atoms with Crippen LogP contribution in [0.4, 0.5) is 0 Å². The minimum Gasteiger partial charge on any atom is -0.370 e. The Kier molecular flexibility index (Phi) is 6.53. The van der Waals surface area contributed by atoms with Crippen molar-refractivity contribution >= 4 is 79.7 Å². The summed E-state index contributed by atoms with van der Waals surface area (Å²) in [6, 6.07) is 15.8. The van der Waals surface area contributed by atoms with Gasteiger partial charge < -0.3 is 4.74 Å². The number of aromatic nitrogens is 6. The molecule has 39 heavy (non-hydrogen) atoms. The molecule has 12 heteroatoms. The Hall–Kier alpha value is -2.34. The number of thiophene rings is 1. The van der Waals surface area contributed by atoms with E-state index in [-0.39, 0.29) is 5.60 Å². The van der Waals surface area contributed by atoms with Crippen LogP contribution in [0, 0.1) is 0 Å². The number of rotatable bonds is 6. The van der Waals surface area contributed by atoms with E-state index in [0.29, 0.717) is 12.4 Å². The van der Waals surface area contributed by atoms with Crippen LogP contribution >= 0.6 is 58.1 Å². The summed E-state index contributed by atoms with van der Waals surface area (Å²) < 4.78 is 10.4. The Bertz CT molecular complexity index is 1840. The fourth-order valence-electron chi connectivity index (χ4n) is 4.77. The number of hydrogen-bond donors (Lipinski definition) is 0. The summed E-state index contributed by atoms with van der Waals surface area (Å²) in [6.45, 7) is 4.86. The summed E-state index contributed by atoms with van der Waals surface area (Å²) in [5.41, 5.74) is 4.17. The SMILES string of the molecule is CC1(C)Cc2c(sc3c2c2nnc(SCc4ccc(Cl)cc4)n2c2nnc(SCc4ccc(Cl)cc4)n32)CO1. The predicted molar refractivity (Wildman–Crippen MR) is 160 cm³/mol. The van der Waals surface area contributed by atoms with Gasteiger partial charge >= 0.3 is 0 Å². The van der Waals surface area contributed by atoms with Crippen molar-refractivity contribution in [3.63, 3.8) is 0 Å². The van der Waals surface area contributed by atoms with E-state index in [2.05, 4.69) is 37.9 Å². The largest absolute Gasteiger partial charge is 0.370 e. The number of benzene rings is 2. The molecule has 0 saturated heterocycles. The van der Waals surface area contributed by atoms with Gasteiger partial charge in [-0.3, -0.25) is 0 Å². The molecule has 7 rings (SSSR count). The maximum Gasteiger partial charge on any atom is 0.245 e. The van der Waals surface area contributed by atoms with Gasteiger partial charge in [-0.05, 0) is 54.8 Å². The summed E-state index contributed by atoms with van der Waals surface area (Å²) in [6.07, 6.45) is 0.805. The van der Waals surface area contributed by atoms with E-state index >= 15 is 0 Å². The molecule has 198 valence electrons. The first kappa shape index (κ1) is 25.6. The van der Waals surface area contributed by atoms with Gasteiger partial charge in [0.25, 0.3) is 0 Å². The van der Waals surface area contributed by atoms with E-state index in [0.717, 1.165) is 59.7 Å².